The third-order valence-electron chi connectivity index (χ3n) is 4.19. The Hall–Kier alpha value is -1.60. The minimum absolute atomic E-state index is 0.0355. The minimum Gasteiger partial charge on any atom is -0.396 e. The molecule has 0 aromatic heterocycles. The van der Waals surface area contributed by atoms with E-state index >= 15 is 0 Å². The molecule has 1 aliphatic rings. The highest BCUT2D eigenvalue weighted by Crippen LogP contribution is 2.17. The molecule has 1 saturated heterocycles. The summed E-state index contributed by atoms with van der Waals surface area (Å²) in [5.74, 6) is 1.29. The van der Waals surface area contributed by atoms with E-state index in [0.29, 0.717) is 25.5 Å². The molecular weight excluding hydrogens is 326 g/mol. The number of guanidine groups is 1. The summed E-state index contributed by atoms with van der Waals surface area (Å²) in [4.78, 5) is 4.54. The van der Waals surface area contributed by atoms with E-state index in [-0.39, 0.29) is 29.9 Å². The van der Waals surface area contributed by atoms with Gasteiger partial charge in [-0.05, 0) is 24.8 Å². The third kappa shape index (κ3) is 5.79. The van der Waals surface area contributed by atoms with E-state index in [9.17, 15) is 13.5 Å². The van der Waals surface area contributed by atoms with Gasteiger partial charge in [-0.25, -0.2) is 8.42 Å². The van der Waals surface area contributed by atoms with Gasteiger partial charge in [0.2, 0.25) is 0 Å². The zero-order chi connectivity index (χ0) is 17.4. The topological polar surface area (TPSA) is 90.8 Å². The Morgan fingerprint density at radius 2 is 2.08 bits per heavy atom. The van der Waals surface area contributed by atoms with Gasteiger partial charge in [-0.15, -0.1) is 0 Å². The molecule has 2 rings (SSSR count). The van der Waals surface area contributed by atoms with Crippen molar-refractivity contribution < 1.29 is 13.5 Å². The Morgan fingerprint density at radius 3 is 2.67 bits per heavy atom. The average molecular weight is 353 g/mol. The predicted molar refractivity (Wildman–Crippen MR) is 97.0 cm³/mol. The molecule has 2 unspecified atom stereocenters. The molecule has 0 saturated carbocycles. The van der Waals surface area contributed by atoms with E-state index in [0.717, 1.165) is 12.1 Å². The summed E-state index contributed by atoms with van der Waals surface area (Å²) in [6, 6.07) is 9.82. The monoisotopic (exact) mass is 353 g/mol. The van der Waals surface area contributed by atoms with Gasteiger partial charge >= 0.3 is 0 Å². The smallest absolute Gasteiger partial charge is 0.191 e. The van der Waals surface area contributed by atoms with Crippen LogP contribution in [0.4, 0.5) is 0 Å². The van der Waals surface area contributed by atoms with Crippen LogP contribution in [-0.4, -0.2) is 57.2 Å². The second kappa shape index (κ2) is 9.03. The van der Waals surface area contributed by atoms with Gasteiger partial charge in [0.1, 0.15) is 0 Å². The molecule has 1 aromatic rings. The molecule has 2 atom stereocenters. The first-order chi connectivity index (χ1) is 11.5. The number of hydrogen-bond donors (Lipinski definition) is 3. The number of nitrogens with zero attached hydrogens (tertiary/aromatic N) is 1. The van der Waals surface area contributed by atoms with Crippen molar-refractivity contribution in [2.75, 3.05) is 37.7 Å². The first kappa shape index (κ1) is 18.7. The lowest BCUT2D eigenvalue weighted by molar-refractivity contribution is 0.268. The molecule has 1 heterocycles. The Labute approximate surface area is 144 Å². The minimum atomic E-state index is -2.85. The van der Waals surface area contributed by atoms with Gasteiger partial charge in [0.25, 0.3) is 0 Å². The van der Waals surface area contributed by atoms with Crippen molar-refractivity contribution in [3.63, 3.8) is 0 Å². The number of benzene rings is 1. The number of aliphatic hydroxyl groups excluding tert-OH is 1. The van der Waals surface area contributed by atoms with Crippen LogP contribution >= 0.6 is 0 Å². The summed E-state index contributed by atoms with van der Waals surface area (Å²) < 4.78 is 23.0. The van der Waals surface area contributed by atoms with E-state index in [1.165, 1.54) is 0 Å². The molecule has 1 aliphatic heterocycles. The van der Waals surface area contributed by atoms with Crippen molar-refractivity contribution in [2.45, 2.75) is 19.3 Å². The maximum Gasteiger partial charge on any atom is 0.191 e. The van der Waals surface area contributed by atoms with Crippen LogP contribution in [0.1, 0.15) is 24.8 Å². The lowest BCUT2D eigenvalue weighted by Crippen LogP contribution is -2.40. The number of aliphatic hydroxyl groups is 1. The van der Waals surface area contributed by atoms with Gasteiger partial charge in [-0.1, -0.05) is 30.3 Å². The highest BCUT2D eigenvalue weighted by molar-refractivity contribution is 7.91. The maximum atomic E-state index is 11.5. The standard InChI is InChI=1S/C17H27N3O3S/c1-2-18-17(19-10-14-8-9-24(22,23)13-14)20-11-16(12-21)15-6-4-3-5-7-15/h3-7,14,16,21H,2,8-13H2,1H3,(H2,18,19,20). The Kier molecular flexibility index (Phi) is 7.05. The molecule has 3 N–H and O–H groups in total. The molecule has 7 heteroatoms. The quantitative estimate of drug-likeness (QED) is 0.497. The molecule has 0 amide bonds. The van der Waals surface area contributed by atoms with Crippen LogP contribution in [0.25, 0.3) is 0 Å². The Bertz CT molecular complexity index is 632. The molecule has 134 valence electrons. The highest BCUT2D eigenvalue weighted by Gasteiger charge is 2.27. The summed E-state index contributed by atoms with van der Waals surface area (Å²) in [5.41, 5.74) is 1.06. The summed E-state index contributed by atoms with van der Waals surface area (Å²) in [5, 5.41) is 16.0. The molecule has 6 nitrogen and oxygen atoms in total. The normalized spacial score (nSPS) is 21.4. The summed E-state index contributed by atoms with van der Waals surface area (Å²) in [6.07, 6.45) is 0.706. The zero-order valence-electron chi connectivity index (χ0n) is 14.1. The van der Waals surface area contributed by atoms with Crippen molar-refractivity contribution in [2.24, 2.45) is 10.9 Å². The predicted octanol–water partition coefficient (Wildman–Crippen LogP) is 0.752. The van der Waals surface area contributed by atoms with Crippen molar-refractivity contribution in [1.82, 2.24) is 10.6 Å². The Balaban J connectivity index is 1.92. The van der Waals surface area contributed by atoms with Gasteiger partial charge in [-0.3, -0.25) is 4.99 Å². The molecular formula is C17H27N3O3S. The third-order valence-corrected chi connectivity index (χ3v) is 6.03. The number of hydrogen-bond acceptors (Lipinski definition) is 4. The fourth-order valence-electron chi connectivity index (χ4n) is 2.81. The van der Waals surface area contributed by atoms with Crippen LogP contribution in [0.15, 0.2) is 35.3 Å². The second-order valence-corrected chi connectivity index (χ2v) is 8.39. The Morgan fingerprint density at radius 1 is 1.33 bits per heavy atom. The largest absolute Gasteiger partial charge is 0.396 e. The van der Waals surface area contributed by atoms with Gasteiger partial charge in [0, 0.05) is 19.0 Å². The fourth-order valence-corrected chi connectivity index (χ4v) is 4.67. The van der Waals surface area contributed by atoms with Gasteiger partial charge in [0.15, 0.2) is 15.8 Å². The highest BCUT2D eigenvalue weighted by atomic mass is 32.2. The number of nitrogens with one attached hydrogen (secondary N) is 2. The van der Waals surface area contributed by atoms with Crippen molar-refractivity contribution in [3.05, 3.63) is 35.9 Å². The van der Waals surface area contributed by atoms with Gasteiger partial charge in [0.05, 0.1) is 24.7 Å². The molecule has 0 bridgehead atoms. The first-order valence-corrected chi connectivity index (χ1v) is 10.2. The lowest BCUT2D eigenvalue weighted by atomic mass is 10.0. The lowest BCUT2D eigenvalue weighted by Gasteiger charge is -2.16. The SMILES string of the molecule is CCNC(=NCC(CO)c1ccccc1)NCC1CCS(=O)(=O)C1. The van der Waals surface area contributed by atoms with Crippen LogP contribution in [0.5, 0.6) is 0 Å². The average Bonchev–Trinajstić information content (AvgIpc) is 2.93. The maximum absolute atomic E-state index is 11.5. The number of sulfone groups is 1. The fraction of sp³-hybridized carbons (Fsp3) is 0.588. The molecule has 0 spiro atoms. The number of aliphatic imine (C=N–C) groups is 1. The van der Waals surface area contributed by atoms with E-state index in [2.05, 4.69) is 15.6 Å². The van der Waals surface area contributed by atoms with Gasteiger partial charge < -0.3 is 15.7 Å². The van der Waals surface area contributed by atoms with Crippen LogP contribution < -0.4 is 10.6 Å². The molecule has 0 aliphatic carbocycles. The first-order valence-electron chi connectivity index (χ1n) is 8.42. The van der Waals surface area contributed by atoms with Gasteiger partial charge in [-0.2, -0.15) is 0 Å². The molecule has 0 radical (unpaired) electrons. The van der Waals surface area contributed by atoms with Crippen LogP contribution in [0.2, 0.25) is 0 Å². The summed E-state index contributed by atoms with van der Waals surface area (Å²) in [6.45, 7) is 3.81. The van der Waals surface area contributed by atoms with E-state index in [1.54, 1.807) is 0 Å². The van der Waals surface area contributed by atoms with Crippen LogP contribution in [0, 0.1) is 5.92 Å². The number of rotatable bonds is 7. The molecule has 24 heavy (non-hydrogen) atoms. The van der Waals surface area contributed by atoms with E-state index in [4.69, 9.17) is 0 Å². The summed E-state index contributed by atoms with van der Waals surface area (Å²) >= 11 is 0. The second-order valence-electron chi connectivity index (χ2n) is 6.16. The molecule has 1 fully saturated rings. The van der Waals surface area contributed by atoms with Crippen LogP contribution in [-0.2, 0) is 9.84 Å². The van der Waals surface area contributed by atoms with Crippen molar-refractivity contribution in [3.8, 4) is 0 Å². The van der Waals surface area contributed by atoms with E-state index in [1.807, 2.05) is 37.3 Å². The zero-order valence-corrected chi connectivity index (χ0v) is 14.9. The van der Waals surface area contributed by atoms with Crippen molar-refractivity contribution >= 4 is 15.8 Å². The van der Waals surface area contributed by atoms with E-state index < -0.39 is 9.84 Å². The summed E-state index contributed by atoms with van der Waals surface area (Å²) in [7, 11) is -2.85. The van der Waals surface area contributed by atoms with Crippen LogP contribution in [0.3, 0.4) is 0 Å². The molecule has 1 aromatic carbocycles. The van der Waals surface area contributed by atoms with Crippen molar-refractivity contribution in [1.29, 1.82) is 0 Å².